The van der Waals surface area contributed by atoms with Gasteiger partial charge in [0.25, 0.3) is 0 Å². The summed E-state index contributed by atoms with van der Waals surface area (Å²) >= 11 is 5.82. The van der Waals surface area contributed by atoms with E-state index >= 15 is 0 Å². The Balaban J connectivity index is 1.58. The largest absolute Gasteiger partial charge is 0.330 e. The van der Waals surface area contributed by atoms with Crippen molar-refractivity contribution in [2.45, 2.75) is 17.9 Å². The van der Waals surface area contributed by atoms with Crippen LogP contribution in [0.5, 0.6) is 0 Å². The number of carbonyl (C=O) groups is 1. The summed E-state index contributed by atoms with van der Waals surface area (Å²) in [5, 5.41) is 3.38. The standard InChI is InChI=1S/C18H21ClN4O3S/c1-14(17-4-2-3-9-20-17)21-18(24)22-10-12-23(13-11-22)27(25,26)16-7-5-15(19)6-8-16/h2-9,14H,10-13H2,1H3,(H,21,24). The number of amides is 2. The third-order valence-electron chi connectivity index (χ3n) is 4.45. The van der Waals surface area contributed by atoms with E-state index in [1.807, 2.05) is 25.1 Å². The molecular formula is C18H21ClN4O3S. The summed E-state index contributed by atoms with van der Waals surface area (Å²) in [6, 6.07) is 11.2. The number of hydrogen-bond acceptors (Lipinski definition) is 4. The molecule has 0 radical (unpaired) electrons. The predicted octanol–water partition coefficient (Wildman–Crippen LogP) is 2.51. The lowest BCUT2D eigenvalue weighted by atomic mass is 10.2. The second-order valence-corrected chi connectivity index (χ2v) is 8.65. The molecule has 3 rings (SSSR count). The fourth-order valence-electron chi connectivity index (χ4n) is 2.87. The number of piperazine rings is 1. The van der Waals surface area contributed by atoms with Crippen LogP contribution in [0.4, 0.5) is 4.79 Å². The summed E-state index contributed by atoms with van der Waals surface area (Å²) < 4.78 is 26.8. The highest BCUT2D eigenvalue weighted by Gasteiger charge is 2.30. The fourth-order valence-corrected chi connectivity index (χ4v) is 4.42. The van der Waals surface area contributed by atoms with Gasteiger partial charge in [0.1, 0.15) is 0 Å². The first kappa shape index (κ1) is 19.6. The van der Waals surface area contributed by atoms with E-state index in [0.717, 1.165) is 5.69 Å². The zero-order chi connectivity index (χ0) is 19.4. The number of pyridine rings is 1. The van der Waals surface area contributed by atoms with Gasteiger partial charge in [-0.05, 0) is 43.3 Å². The van der Waals surface area contributed by atoms with Crippen LogP contribution in [0.3, 0.4) is 0 Å². The molecular weight excluding hydrogens is 388 g/mol. The molecule has 1 N–H and O–H groups in total. The van der Waals surface area contributed by atoms with Crippen LogP contribution in [0.2, 0.25) is 5.02 Å². The van der Waals surface area contributed by atoms with Gasteiger partial charge in [0, 0.05) is 37.4 Å². The van der Waals surface area contributed by atoms with E-state index in [1.165, 1.54) is 16.4 Å². The molecule has 1 aliphatic rings. The van der Waals surface area contributed by atoms with Crippen LogP contribution >= 0.6 is 11.6 Å². The summed E-state index contributed by atoms with van der Waals surface area (Å²) in [6.45, 7) is 3.01. The normalized spacial score (nSPS) is 16.7. The lowest BCUT2D eigenvalue weighted by molar-refractivity contribution is 0.169. The van der Waals surface area contributed by atoms with E-state index in [9.17, 15) is 13.2 Å². The molecule has 0 aliphatic carbocycles. The summed E-state index contributed by atoms with van der Waals surface area (Å²) in [7, 11) is -3.59. The molecule has 1 aliphatic heterocycles. The molecule has 1 atom stereocenters. The van der Waals surface area contributed by atoms with Crippen molar-refractivity contribution in [1.29, 1.82) is 0 Å². The molecule has 0 spiro atoms. The van der Waals surface area contributed by atoms with Gasteiger partial charge in [0.2, 0.25) is 10.0 Å². The van der Waals surface area contributed by atoms with E-state index in [-0.39, 0.29) is 30.1 Å². The molecule has 27 heavy (non-hydrogen) atoms. The van der Waals surface area contributed by atoms with Gasteiger partial charge in [0.05, 0.1) is 16.6 Å². The third-order valence-corrected chi connectivity index (χ3v) is 6.61. The number of carbonyl (C=O) groups excluding carboxylic acids is 1. The van der Waals surface area contributed by atoms with Crippen molar-refractivity contribution in [3.05, 3.63) is 59.4 Å². The summed E-state index contributed by atoms with van der Waals surface area (Å²) in [4.78, 5) is 18.5. The second kappa shape index (κ2) is 8.24. The van der Waals surface area contributed by atoms with Crippen LogP contribution in [0, 0.1) is 0 Å². The van der Waals surface area contributed by atoms with E-state index in [2.05, 4.69) is 10.3 Å². The van der Waals surface area contributed by atoms with Crippen molar-refractivity contribution in [2.75, 3.05) is 26.2 Å². The number of sulfonamides is 1. The average molecular weight is 409 g/mol. The molecule has 2 heterocycles. The van der Waals surface area contributed by atoms with E-state index in [4.69, 9.17) is 11.6 Å². The molecule has 1 saturated heterocycles. The van der Waals surface area contributed by atoms with Gasteiger partial charge < -0.3 is 10.2 Å². The molecule has 2 aromatic rings. The zero-order valence-corrected chi connectivity index (χ0v) is 16.4. The SMILES string of the molecule is CC(NC(=O)N1CCN(S(=O)(=O)c2ccc(Cl)cc2)CC1)c1ccccn1. The van der Waals surface area contributed by atoms with Gasteiger partial charge in [-0.3, -0.25) is 4.98 Å². The Morgan fingerprint density at radius 2 is 1.78 bits per heavy atom. The first-order valence-electron chi connectivity index (χ1n) is 8.60. The molecule has 0 saturated carbocycles. The number of benzene rings is 1. The smallest absolute Gasteiger partial charge is 0.318 e. The molecule has 7 nitrogen and oxygen atoms in total. The Hall–Kier alpha value is -2.16. The first-order valence-corrected chi connectivity index (χ1v) is 10.4. The van der Waals surface area contributed by atoms with Crippen molar-refractivity contribution in [3.8, 4) is 0 Å². The molecule has 1 aromatic carbocycles. The van der Waals surface area contributed by atoms with Gasteiger partial charge in [-0.1, -0.05) is 17.7 Å². The van der Waals surface area contributed by atoms with Gasteiger partial charge in [0.15, 0.2) is 0 Å². The van der Waals surface area contributed by atoms with Crippen LogP contribution in [0.25, 0.3) is 0 Å². The number of hydrogen-bond donors (Lipinski definition) is 1. The maximum Gasteiger partial charge on any atom is 0.318 e. The Labute approximate surface area is 164 Å². The highest BCUT2D eigenvalue weighted by Crippen LogP contribution is 2.20. The van der Waals surface area contributed by atoms with Crippen LogP contribution in [0.1, 0.15) is 18.7 Å². The molecule has 0 bridgehead atoms. The number of nitrogens with zero attached hydrogens (tertiary/aromatic N) is 3. The summed E-state index contributed by atoms with van der Waals surface area (Å²) in [6.07, 6.45) is 1.68. The van der Waals surface area contributed by atoms with Crippen molar-refractivity contribution >= 4 is 27.7 Å². The van der Waals surface area contributed by atoms with Crippen molar-refractivity contribution in [3.63, 3.8) is 0 Å². The van der Waals surface area contributed by atoms with E-state index in [0.29, 0.717) is 18.1 Å². The Bertz CT molecular complexity index is 883. The number of rotatable bonds is 4. The minimum atomic E-state index is -3.59. The second-order valence-electron chi connectivity index (χ2n) is 6.27. The van der Waals surface area contributed by atoms with Crippen LogP contribution in [0.15, 0.2) is 53.6 Å². The van der Waals surface area contributed by atoms with Gasteiger partial charge in [-0.25, -0.2) is 13.2 Å². The lowest BCUT2D eigenvalue weighted by Crippen LogP contribution is -2.53. The monoisotopic (exact) mass is 408 g/mol. The highest BCUT2D eigenvalue weighted by molar-refractivity contribution is 7.89. The fraction of sp³-hybridized carbons (Fsp3) is 0.333. The number of urea groups is 1. The Morgan fingerprint density at radius 1 is 1.11 bits per heavy atom. The zero-order valence-electron chi connectivity index (χ0n) is 14.9. The maximum atomic E-state index is 12.7. The summed E-state index contributed by atoms with van der Waals surface area (Å²) in [5.41, 5.74) is 0.773. The topological polar surface area (TPSA) is 82.6 Å². The predicted molar refractivity (Wildman–Crippen MR) is 103 cm³/mol. The molecule has 9 heteroatoms. The molecule has 1 aromatic heterocycles. The number of nitrogens with one attached hydrogen (secondary N) is 1. The van der Waals surface area contributed by atoms with Crippen molar-refractivity contribution in [2.24, 2.45) is 0 Å². The van der Waals surface area contributed by atoms with E-state index in [1.54, 1.807) is 23.2 Å². The highest BCUT2D eigenvalue weighted by atomic mass is 35.5. The van der Waals surface area contributed by atoms with Gasteiger partial charge in [-0.2, -0.15) is 4.31 Å². The van der Waals surface area contributed by atoms with Gasteiger partial charge >= 0.3 is 6.03 Å². The average Bonchev–Trinajstić information content (AvgIpc) is 2.69. The molecule has 2 amide bonds. The Morgan fingerprint density at radius 3 is 2.37 bits per heavy atom. The third kappa shape index (κ3) is 4.58. The quantitative estimate of drug-likeness (QED) is 0.842. The number of halogens is 1. The molecule has 1 fully saturated rings. The molecule has 1 unspecified atom stereocenters. The number of aromatic nitrogens is 1. The molecule has 144 valence electrons. The van der Waals surface area contributed by atoms with Crippen LogP contribution in [-0.4, -0.2) is 54.8 Å². The van der Waals surface area contributed by atoms with E-state index < -0.39 is 10.0 Å². The first-order chi connectivity index (χ1) is 12.9. The Kier molecular flexibility index (Phi) is 5.98. The van der Waals surface area contributed by atoms with Crippen molar-refractivity contribution in [1.82, 2.24) is 19.5 Å². The lowest BCUT2D eigenvalue weighted by Gasteiger charge is -2.34. The van der Waals surface area contributed by atoms with Crippen LogP contribution < -0.4 is 5.32 Å². The maximum absolute atomic E-state index is 12.7. The summed E-state index contributed by atoms with van der Waals surface area (Å²) in [5.74, 6) is 0. The minimum Gasteiger partial charge on any atom is -0.330 e. The minimum absolute atomic E-state index is 0.202. The van der Waals surface area contributed by atoms with Crippen LogP contribution in [-0.2, 0) is 10.0 Å². The van der Waals surface area contributed by atoms with Gasteiger partial charge in [-0.15, -0.1) is 0 Å². The van der Waals surface area contributed by atoms with Crippen molar-refractivity contribution < 1.29 is 13.2 Å².